The first-order valence-electron chi connectivity index (χ1n) is 29.6. The van der Waals surface area contributed by atoms with Crippen molar-refractivity contribution in [3.8, 4) is 47.2 Å². The highest BCUT2D eigenvalue weighted by molar-refractivity contribution is 7.89. The van der Waals surface area contributed by atoms with Crippen LogP contribution in [-0.2, 0) is 49.3 Å². The first kappa shape index (κ1) is 71.2. The number of amides is 1. The topological polar surface area (TPSA) is 293 Å². The second-order valence-electron chi connectivity index (χ2n) is 21.9. The molecule has 0 radical (unpaired) electrons. The predicted octanol–water partition coefficient (Wildman–Crippen LogP) is 14.6. The molecular formula is C76H77N9O8S. The first-order valence-corrected chi connectivity index (χ1v) is 31.2. The number of carbonyl (C=O) groups is 1. The molecule has 10 rings (SSSR count). The van der Waals surface area contributed by atoms with Crippen LogP contribution in [0.4, 0.5) is 28.4 Å². The number of phenols is 5. The van der Waals surface area contributed by atoms with Gasteiger partial charge in [-0.2, -0.15) is 5.26 Å². The molecule has 1 amide bonds. The van der Waals surface area contributed by atoms with Crippen molar-refractivity contribution in [1.29, 1.82) is 5.26 Å². The lowest BCUT2D eigenvalue weighted by molar-refractivity contribution is 0.1000. The molecule has 0 aliphatic heterocycles. The Labute approximate surface area is 550 Å². The van der Waals surface area contributed by atoms with Crippen LogP contribution in [0.5, 0.6) is 28.7 Å². The average Bonchev–Trinajstić information content (AvgIpc) is 1.42. The smallest absolute Gasteiger partial charge is 0.248 e. The molecule has 0 spiro atoms. The molecule has 17 nitrogen and oxygen atoms in total. The highest BCUT2D eigenvalue weighted by atomic mass is 32.2. The largest absolute Gasteiger partial charge is 0.508 e. The van der Waals surface area contributed by atoms with Gasteiger partial charge in [-0.05, 0) is 150 Å². The van der Waals surface area contributed by atoms with E-state index in [0.29, 0.717) is 67.6 Å². The van der Waals surface area contributed by atoms with Crippen molar-refractivity contribution in [2.24, 2.45) is 10.9 Å². The van der Waals surface area contributed by atoms with Crippen LogP contribution in [0.25, 0.3) is 4.85 Å². The molecule has 14 N–H and O–H groups in total. The van der Waals surface area contributed by atoms with Crippen LogP contribution in [0.15, 0.2) is 217 Å². The summed E-state index contributed by atoms with van der Waals surface area (Å²) in [6.07, 6.45) is 5.35. The van der Waals surface area contributed by atoms with E-state index in [-0.39, 0.29) is 22.1 Å². The number of anilines is 5. The number of carbonyl (C=O) groups excluding carboxylic acids is 1. The van der Waals surface area contributed by atoms with Crippen LogP contribution in [0, 0.1) is 64.9 Å². The molecule has 480 valence electrons. The Kier molecular flexibility index (Phi) is 26.9. The van der Waals surface area contributed by atoms with Crippen molar-refractivity contribution in [1.82, 2.24) is 0 Å². The number of aryl methyl sites for hydroxylation is 5. The Morgan fingerprint density at radius 3 is 1.13 bits per heavy atom. The SMILES string of the molecule is C#Cc1cccc(NCc2cc(C)ccc2O)c1.Cc1ccc(O)c(CNc2cccc(C#N)c2)c1.Cc1ccc(O)c(CNc2cccc(C(N)=O)c2)c1.Cc1ccc(O)c(CNc2cccc(S(N)(=O)=O)c2)c1.[C-]#[N+]Cc1cccc(NCc2cc(C)ccc2O)c1. The van der Waals surface area contributed by atoms with Crippen molar-refractivity contribution >= 4 is 44.4 Å². The molecule has 0 aliphatic carbocycles. The molecule has 0 unspecified atom stereocenters. The zero-order valence-electron chi connectivity index (χ0n) is 52.9. The van der Waals surface area contributed by atoms with E-state index in [4.69, 9.17) is 29.1 Å². The molecular weight excluding hydrogens is 1200 g/mol. The third-order valence-electron chi connectivity index (χ3n) is 14.1. The van der Waals surface area contributed by atoms with Crippen molar-refractivity contribution in [3.05, 3.63) is 302 Å². The summed E-state index contributed by atoms with van der Waals surface area (Å²) in [6.45, 7) is 19.7. The first-order chi connectivity index (χ1) is 45.0. The molecule has 0 fully saturated rings. The van der Waals surface area contributed by atoms with Gasteiger partial charge in [0.15, 0.2) is 0 Å². The number of primary sulfonamides is 1. The van der Waals surface area contributed by atoms with Crippen molar-refractivity contribution < 1.29 is 38.7 Å². The number of primary amides is 1. The van der Waals surface area contributed by atoms with Crippen LogP contribution in [-0.4, -0.2) is 39.9 Å². The monoisotopic (exact) mass is 1280 g/mol. The predicted molar refractivity (Wildman–Crippen MR) is 376 cm³/mol. The number of benzene rings is 10. The Bertz CT molecular complexity index is 4350. The van der Waals surface area contributed by atoms with Gasteiger partial charge in [0, 0.05) is 106 Å². The summed E-state index contributed by atoms with van der Waals surface area (Å²) in [5.74, 6) is 3.48. The van der Waals surface area contributed by atoms with Gasteiger partial charge in [0.1, 0.15) is 28.7 Å². The lowest BCUT2D eigenvalue weighted by Gasteiger charge is -2.10. The molecule has 18 heteroatoms. The fourth-order valence-electron chi connectivity index (χ4n) is 9.12. The number of terminal acetylenes is 1. The third kappa shape index (κ3) is 23.8. The molecule has 0 aliphatic rings. The Hall–Kier alpha value is -11.9. The lowest BCUT2D eigenvalue weighted by Crippen LogP contribution is -2.12. The maximum atomic E-state index is 11.3. The van der Waals surface area contributed by atoms with Crippen molar-refractivity contribution in [2.75, 3.05) is 26.6 Å². The molecule has 0 saturated heterocycles. The van der Waals surface area contributed by atoms with E-state index in [2.05, 4.69) is 43.4 Å². The number of phenolic OH excluding ortho intramolecular Hbond substituents is 5. The van der Waals surface area contributed by atoms with Gasteiger partial charge >= 0.3 is 0 Å². The van der Waals surface area contributed by atoms with E-state index in [1.54, 1.807) is 72.8 Å². The van der Waals surface area contributed by atoms with E-state index in [1.807, 2.05) is 162 Å². The fourth-order valence-corrected chi connectivity index (χ4v) is 9.68. The van der Waals surface area contributed by atoms with Gasteiger partial charge in [-0.1, -0.05) is 131 Å². The minimum absolute atomic E-state index is 0.0518. The number of hydrogen-bond donors (Lipinski definition) is 12. The number of aromatic hydroxyl groups is 5. The summed E-state index contributed by atoms with van der Waals surface area (Å²) in [4.78, 5) is 14.5. The van der Waals surface area contributed by atoms with Gasteiger partial charge in [0.05, 0.1) is 16.5 Å². The van der Waals surface area contributed by atoms with Gasteiger partial charge in [0.25, 0.3) is 0 Å². The number of rotatable bonds is 18. The summed E-state index contributed by atoms with van der Waals surface area (Å²) in [5, 5.41) is 78.5. The molecule has 10 aromatic rings. The molecule has 0 atom stereocenters. The van der Waals surface area contributed by atoms with Gasteiger partial charge in [-0.25, -0.2) is 20.1 Å². The van der Waals surface area contributed by atoms with E-state index in [1.165, 1.54) is 12.1 Å². The Morgan fingerprint density at radius 1 is 0.457 bits per heavy atom. The zero-order chi connectivity index (χ0) is 68.2. The number of nitrogens with one attached hydrogen (secondary N) is 5. The van der Waals surface area contributed by atoms with Crippen LogP contribution >= 0.6 is 0 Å². The van der Waals surface area contributed by atoms with Crippen LogP contribution < -0.4 is 37.5 Å². The van der Waals surface area contributed by atoms with E-state index in [0.717, 1.165) is 89.5 Å². The van der Waals surface area contributed by atoms with Gasteiger partial charge < -0.3 is 62.7 Å². The van der Waals surface area contributed by atoms with Gasteiger partial charge in [-0.3, -0.25) is 4.79 Å². The minimum atomic E-state index is -3.71. The van der Waals surface area contributed by atoms with E-state index < -0.39 is 15.9 Å². The summed E-state index contributed by atoms with van der Waals surface area (Å²) in [7, 11) is -3.71. The average molecular weight is 1280 g/mol. The van der Waals surface area contributed by atoms with Crippen molar-refractivity contribution in [3.63, 3.8) is 0 Å². The summed E-state index contributed by atoms with van der Waals surface area (Å²) in [5.41, 5.74) is 22.0. The molecule has 0 saturated carbocycles. The Morgan fingerprint density at radius 2 is 0.777 bits per heavy atom. The maximum absolute atomic E-state index is 11.3. The quantitative estimate of drug-likeness (QED) is 0.0281. The number of nitriles is 1. The van der Waals surface area contributed by atoms with Crippen molar-refractivity contribution in [2.45, 2.75) is 78.8 Å². The summed E-state index contributed by atoms with van der Waals surface area (Å²) >= 11 is 0. The zero-order valence-corrected chi connectivity index (χ0v) is 53.8. The normalized spacial score (nSPS) is 10.2. The number of nitrogens with two attached hydrogens (primary N) is 2. The van der Waals surface area contributed by atoms with E-state index in [9.17, 15) is 38.7 Å². The highest BCUT2D eigenvalue weighted by Gasteiger charge is 2.10. The second-order valence-corrected chi connectivity index (χ2v) is 23.4. The third-order valence-corrected chi connectivity index (χ3v) is 15.0. The summed E-state index contributed by atoms with van der Waals surface area (Å²) in [6, 6.07) is 65.4. The molecule has 0 aromatic heterocycles. The van der Waals surface area contributed by atoms with Gasteiger partial charge in [-0.15, -0.1) is 6.42 Å². The molecule has 10 aromatic carbocycles. The number of hydrogen-bond acceptors (Lipinski definition) is 14. The van der Waals surface area contributed by atoms with Crippen LogP contribution in [0.2, 0.25) is 0 Å². The molecule has 94 heavy (non-hydrogen) atoms. The minimum Gasteiger partial charge on any atom is -0.508 e. The van der Waals surface area contributed by atoms with E-state index >= 15 is 0 Å². The molecule has 0 bridgehead atoms. The number of sulfonamides is 1. The maximum Gasteiger partial charge on any atom is 0.248 e. The standard InChI is InChI=1S/C16H16N2O.C16H15NO.C15H16N2O2.C15H14N2O.C14H16N2O3S/c1-12-6-7-16(19)14(8-12)11-18-15-5-3-4-13(9-15)10-17-2;1-3-13-5-4-6-15(10-13)17-11-14-9-12(2)7-8-16(14)18;1-10-5-6-14(18)12(7-10)9-17-13-4-2-3-11(8-13)15(16)19;1-11-5-6-15(18)13(7-11)10-17-14-4-2-3-12(8-14)9-16;1-10-5-6-14(17)11(7-10)9-16-12-3-2-4-13(8-12)20(15,18)19/h3-9,18-19H,10-11H2,1H3;1,4-10,17-18H,11H2,2H3;2-8,17-18H,9H2,1H3,(H2,16,19);2-8,17-18H,10H2,1H3;2-8,16-17H,9H2,1H3,(H2,15,18,19). The van der Waals surface area contributed by atoms with Crippen LogP contribution in [0.1, 0.15) is 82.7 Å². The number of nitrogens with zero attached hydrogens (tertiary/aromatic N) is 2. The highest BCUT2D eigenvalue weighted by Crippen LogP contribution is 2.26. The molecule has 0 heterocycles. The Balaban J connectivity index is 0.000000186. The van der Waals surface area contributed by atoms with Crippen LogP contribution in [0.3, 0.4) is 0 Å². The van der Waals surface area contributed by atoms with Gasteiger partial charge in [0.2, 0.25) is 22.5 Å². The lowest BCUT2D eigenvalue weighted by atomic mass is 10.1. The fraction of sp³-hybridized carbons (Fsp3) is 0.145. The summed E-state index contributed by atoms with van der Waals surface area (Å²) < 4.78 is 22.5. The second kappa shape index (κ2) is 35.5.